The van der Waals surface area contributed by atoms with Gasteiger partial charge >= 0.3 is 6.09 Å². The third-order valence-electron chi connectivity index (χ3n) is 4.51. The summed E-state index contributed by atoms with van der Waals surface area (Å²) >= 11 is 5.92. The van der Waals surface area contributed by atoms with E-state index in [1.54, 1.807) is 25.7 Å². The Kier molecular flexibility index (Phi) is 8.77. The summed E-state index contributed by atoms with van der Waals surface area (Å²) in [5, 5.41) is 5.95. The lowest BCUT2D eigenvalue weighted by atomic mass is 10.2. The molecule has 2 N–H and O–H groups in total. The monoisotopic (exact) mass is 438 g/mol. The molecule has 0 atom stereocenters. The second-order valence-corrected chi connectivity index (χ2v) is 8.59. The SMILES string of the molecule is CC(C)(C)OC(=O)NCCCC(=O)NCC(=O)N1CCN(c2ccc(Cl)cc2)CC1. The topological polar surface area (TPSA) is 91.0 Å². The molecule has 3 amide bonds. The van der Waals surface area contributed by atoms with Crippen molar-refractivity contribution in [2.45, 2.75) is 39.2 Å². The quantitative estimate of drug-likeness (QED) is 0.638. The number of anilines is 1. The number of carbonyl (C=O) groups excluding carboxylic acids is 3. The molecule has 2 rings (SSSR count). The standard InChI is InChI=1S/C21H31ClN4O4/c1-21(2,3)30-20(29)23-10-4-5-18(27)24-15-19(28)26-13-11-25(12-14-26)17-8-6-16(22)7-9-17/h6-9H,4-5,10-15H2,1-3H3,(H,23,29)(H,24,27). The summed E-state index contributed by atoms with van der Waals surface area (Å²) < 4.78 is 5.12. The number of rotatable bonds is 7. The number of halogens is 1. The fourth-order valence-electron chi connectivity index (χ4n) is 2.99. The molecule has 1 saturated heterocycles. The average molecular weight is 439 g/mol. The molecular formula is C21H31ClN4O4. The fourth-order valence-corrected chi connectivity index (χ4v) is 3.12. The van der Waals surface area contributed by atoms with Crippen LogP contribution in [-0.4, -0.2) is 67.7 Å². The van der Waals surface area contributed by atoms with Crippen LogP contribution in [0.1, 0.15) is 33.6 Å². The van der Waals surface area contributed by atoms with Crippen molar-refractivity contribution >= 4 is 35.2 Å². The zero-order valence-electron chi connectivity index (χ0n) is 17.9. The van der Waals surface area contributed by atoms with E-state index in [0.717, 1.165) is 18.8 Å². The van der Waals surface area contributed by atoms with Gasteiger partial charge in [-0.2, -0.15) is 0 Å². The Balaban J connectivity index is 1.60. The number of ether oxygens (including phenoxy) is 1. The van der Waals surface area contributed by atoms with Crippen molar-refractivity contribution in [1.29, 1.82) is 0 Å². The van der Waals surface area contributed by atoms with Crippen LogP contribution in [-0.2, 0) is 14.3 Å². The Morgan fingerprint density at radius 3 is 2.27 bits per heavy atom. The van der Waals surface area contributed by atoms with Gasteiger partial charge in [-0.3, -0.25) is 9.59 Å². The molecule has 0 aromatic heterocycles. The van der Waals surface area contributed by atoms with E-state index in [0.29, 0.717) is 31.1 Å². The van der Waals surface area contributed by atoms with Gasteiger partial charge in [-0.05, 0) is 51.5 Å². The normalized spacial score (nSPS) is 14.3. The Morgan fingerprint density at radius 2 is 1.67 bits per heavy atom. The zero-order chi connectivity index (χ0) is 22.1. The summed E-state index contributed by atoms with van der Waals surface area (Å²) in [6, 6.07) is 7.65. The Morgan fingerprint density at radius 1 is 1.03 bits per heavy atom. The molecular weight excluding hydrogens is 408 g/mol. The van der Waals surface area contributed by atoms with Crippen LogP contribution >= 0.6 is 11.6 Å². The summed E-state index contributed by atoms with van der Waals surface area (Å²) in [7, 11) is 0. The van der Waals surface area contributed by atoms with Crippen molar-refractivity contribution in [3.63, 3.8) is 0 Å². The first kappa shape index (κ1) is 23.8. The van der Waals surface area contributed by atoms with Gasteiger partial charge in [-0.1, -0.05) is 11.6 Å². The van der Waals surface area contributed by atoms with Crippen LogP contribution in [0.15, 0.2) is 24.3 Å². The van der Waals surface area contributed by atoms with Gasteiger partial charge in [-0.25, -0.2) is 4.79 Å². The lowest BCUT2D eigenvalue weighted by Crippen LogP contribution is -2.51. The maximum absolute atomic E-state index is 12.3. The van der Waals surface area contributed by atoms with Crippen molar-refractivity contribution in [3.8, 4) is 0 Å². The second-order valence-electron chi connectivity index (χ2n) is 8.15. The Labute approximate surface area is 182 Å². The van der Waals surface area contributed by atoms with E-state index in [1.807, 2.05) is 24.3 Å². The number of carbonyl (C=O) groups is 3. The summed E-state index contributed by atoms with van der Waals surface area (Å²) in [6.45, 7) is 8.36. The van der Waals surface area contributed by atoms with E-state index in [1.165, 1.54) is 0 Å². The van der Waals surface area contributed by atoms with Crippen LogP contribution in [0.3, 0.4) is 0 Å². The van der Waals surface area contributed by atoms with Crippen LogP contribution in [0.2, 0.25) is 5.02 Å². The number of amides is 3. The average Bonchev–Trinajstić information content (AvgIpc) is 2.69. The van der Waals surface area contributed by atoms with Crippen molar-refractivity contribution in [3.05, 3.63) is 29.3 Å². The highest BCUT2D eigenvalue weighted by atomic mass is 35.5. The third-order valence-corrected chi connectivity index (χ3v) is 4.76. The largest absolute Gasteiger partial charge is 0.444 e. The van der Waals surface area contributed by atoms with Gasteiger partial charge in [0.15, 0.2) is 0 Å². The van der Waals surface area contributed by atoms with E-state index < -0.39 is 11.7 Å². The van der Waals surface area contributed by atoms with E-state index in [2.05, 4.69) is 15.5 Å². The molecule has 1 aliphatic heterocycles. The maximum atomic E-state index is 12.3. The predicted molar refractivity (Wildman–Crippen MR) is 117 cm³/mol. The van der Waals surface area contributed by atoms with E-state index >= 15 is 0 Å². The minimum atomic E-state index is -0.553. The molecule has 1 aromatic carbocycles. The number of hydrogen-bond donors (Lipinski definition) is 2. The van der Waals surface area contributed by atoms with Gasteiger partial charge in [-0.15, -0.1) is 0 Å². The van der Waals surface area contributed by atoms with Gasteiger partial charge in [0.05, 0.1) is 6.54 Å². The fraction of sp³-hybridized carbons (Fsp3) is 0.571. The third kappa shape index (κ3) is 8.49. The van der Waals surface area contributed by atoms with Crippen LogP contribution in [0.25, 0.3) is 0 Å². The number of nitrogens with one attached hydrogen (secondary N) is 2. The molecule has 0 saturated carbocycles. The van der Waals surface area contributed by atoms with Crippen LogP contribution in [0.4, 0.5) is 10.5 Å². The van der Waals surface area contributed by atoms with E-state index in [-0.39, 0.29) is 24.8 Å². The summed E-state index contributed by atoms with van der Waals surface area (Å²) in [5.74, 6) is -0.305. The number of benzene rings is 1. The van der Waals surface area contributed by atoms with Gasteiger partial charge in [0.1, 0.15) is 5.60 Å². The Bertz CT molecular complexity index is 726. The molecule has 166 valence electrons. The predicted octanol–water partition coefficient (Wildman–Crippen LogP) is 2.41. The molecule has 9 heteroatoms. The van der Waals surface area contributed by atoms with E-state index in [4.69, 9.17) is 16.3 Å². The van der Waals surface area contributed by atoms with Crippen molar-refractivity contribution in [2.75, 3.05) is 44.2 Å². The molecule has 0 spiro atoms. The Hall–Kier alpha value is -2.48. The smallest absolute Gasteiger partial charge is 0.407 e. The highest BCUT2D eigenvalue weighted by Gasteiger charge is 2.21. The maximum Gasteiger partial charge on any atom is 0.407 e. The molecule has 0 radical (unpaired) electrons. The van der Waals surface area contributed by atoms with Gasteiger partial charge in [0.2, 0.25) is 11.8 Å². The lowest BCUT2D eigenvalue weighted by molar-refractivity contribution is -0.133. The molecule has 8 nitrogen and oxygen atoms in total. The molecule has 0 bridgehead atoms. The number of piperazine rings is 1. The van der Waals surface area contributed by atoms with E-state index in [9.17, 15) is 14.4 Å². The molecule has 0 aliphatic carbocycles. The van der Waals surface area contributed by atoms with Gasteiger partial charge < -0.3 is 25.2 Å². The minimum absolute atomic E-state index is 0.0146. The van der Waals surface area contributed by atoms with Crippen molar-refractivity contribution < 1.29 is 19.1 Å². The van der Waals surface area contributed by atoms with Crippen molar-refractivity contribution in [1.82, 2.24) is 15.5 Å². The minimum Gasteiger partial charge on any atom is -0.444 e. The molecule has 0 unspecified atom stereocenters. The summed E-state index contributed by atoms with van der Waals surface area (Å²) in [4.78, 5) is 39.8. The first-order valence-corrected chi connectivity index (χ1v) is 10.5. The molecule has 1 fully saturated rings. The highest BCUT2D eigenvalue weighted by molar-refractivity contribution is 6.30. The van der Waals surface area contributed by atoms with Gasteiger partial charge in [0.25, 0.3) is 0 Å². The number of nitrogens with zero attached hydrogens (tertiary/aromatic N) is 2. The summed E-state index contributed by atoms with van der Waals surface area (Å²) in [5.41, 5.74) is 0.530. The summed E-state index contributed by atoms with van der Waals surface area (Å²) in [6.07, 6.45) is 0.197. The molecule has 30 heavy (non-hydrogen) atoms. The van der Waals surface area contributed by atoms with Crippen LogP contribution in [0.5, 0.6) is 0 Å². The molecule has 1 aromatic rings. The first-order valence-electron chi connectivity index (χ1n) is 10.2. The van der Waals surface area contributed by atoms with Gasteiger partial charge in [0, 0.05) is 49.9 Å². The number of hydrogen-bond acceptors (Lipinski definition) is 5. The number of alkyl carbamates (subject to hydrolysis) is 1. The molecule has 1 aliphatic rings. The lowest BCUT2D eigenvalue weighted by Gasteiger charge is -2.36. The molecule has 1 heterocycles. The van der Waals surface area contributed by atoms with Crippen molar-refractivity contribution in [2.24, 2.45) is 0 Å². The second kappa shape index (κ2) is 11.1. The zero-order valence-corrected chi connectivity index (χ0v) is 18.6. The first-order chi connectivity index (χ1) is 14.1. The van der Waals surface area contributed by atoms with Crippen LogP contribution < -0.4 is 15.5 Å². The highest BCUT2D eigenvalue weighted by Crippen LogP contribution is 2.19. The van der Waals surface area contributed by atoms with Crippen LogP contribution in [0, 0.1) is 0 Å².